The Hall–Kier alpha value is -3.13. The third kappa shape index (κ3) is 3.08. The van der Waals surface area contributed by atoms with Gasteiger partial charge in [-0.2, -0.15) is 0 Å². The van der Waals surface area contributed by atoms with Crippen molar-refractivity contribution >= 4 is 5.78 Å². The number of methoxy groups -OCH3 is 3. The quantitative estimate of drug-likeness (QED) is 0.796. The fourth-order valence-electron chi connectivity index (χ4n) is 4.31. The molecule has 2 aliphatic rings. The molecule has 0 unspecified atom stereocenters. The van der Waals surface area contributed by atoms with E-state index in [-0.39, 0.29) is 12.6 Å². The molecule has 4 rings (SSSR count). The van der Waals surface area contributed by atoms with E-state index in [4.69, 9.17) is 28.4 Å². The van der Waals surface area contributed by atoms with Crippen LogP contribution in [0.5, 0.6) is 34.5 Å². The molecule has 3 atom stereocenters. The molecular formula is C22H24O8. The first-order valence-electron chi connectivity index (χ1n) is 9.46. The van der Waals surface area contributed by atoms with E-state index < -0.39 is 17.6 Å². The number of ether oxygens (including phenoxy) is 6. The van der Waals surface area contributed by atoms with E-state index >= 15 is 0 Å². The summed E-state index contributed by atoms with van der Waals surface area (Å²) in [5.74, 6) is -0.566. The van der Waals surface area contributed by atoms with E-state index in [0.29, 0.717) is 45.6 Å². The number of carbonyl (C=O) groups is 1. The van der Waals surface area contributed by atoms with Crippen molar-refractivity contribution in [3.05, 3.63) is 35.4 Å². The van der Waals surface area contributed by atoms with Gasteiger partial charge in [-0.1, -0.05) is 0 Å². The van der Waals surface area contributed by atoms with Crippen molar-refractivity contribution in [1.29, 1.82) is 0 Å². The van der Waals surface area contributed by atoms with Crippen molar-refractivity contribution in [2.45, 2.75) is 25.6 Å². The average molecular weight is 416 g/mol. The van der Waals surface area contributed by atoms with Crippen molar-refractivity contribution in [1.82, 2.24) is 0 Å². The molecule has 0 saturated heterocycles. The third-order valence-electron chi connectivity index (χ3n) is 5.55. The highest BCUT2D eigenvalue weighted by atomic mass is 16.7. The molecule has 0 bridgehead atoms. The topological polar surface area (TPSA) is 92.7 Å². The molecule has 8 nitrogen and oxygen atoms in total. The van der Waals surface area contributed by atoms with E-state index in [2.05, 4.69) is 0 Å². The van der Waals surface area contributed by atoms with Gasteiger partial charge in [0.1, 0.15) is 11.5 Å². The van der Waals surface area contributed by atoms with Gasteiger partial charge in [0.05, 0.1) is 27.2 Å². The van der Waals surface area contributed by atoms with Gasteiger partial charge in [0.25, 0.3) is 0 Å². The van der Waals surface area contributed by atoms with E-state index in [1.54, 1.807) is 24.3 Å². The summed E-state index contributed by atoms with van der Waals surface area (Å²) in [4.78, 5) is 12.7. The zero-order valence-corrected chi connectivity index (χ0v) is 17.5. The van der Waals surface area contributed by atoms with Gasteiger partial charge < -0.3 is 33.5 Å². The Bertz CT molecular complexity index is 972. The molecule has 2 aromatic carbocycles. The van der Waals surface area contributed by atoms with Crippen LogP contribution in [-0.4, -0.2) is 44.8 Å². The molecule has 1 N–H and O–H groups in total. The predicted molar refractivity (Wildman–Crippen MR) is 106 cm³/mol. The average Bonchev–Trinajstić information content (AvgIpc) is 3.16. The molecule has 0 saturated carbocycles. The van der Waals surface area contributed by atoms with E-state index in [0.717, 1.165) is 0 Å². The largest absolute Gasteiger partial charge is 0.493 e. The summed E-state index contributed by atoms with van der Waals surface area (Å²) in [6, 6.07) is 7.01. The maximum absolute atomic E-state index is 12.7. The van der Waals surface area contributed by atoms with Gasteiger partial charge in [0, 0.05) is 24.5 Å². The van der Waals surface area contributed by atoms with Gasteiger partial charge in [-0.05, 0) is 30.7 Å². The van der Waals surface area contributed by atoms with Crippen LogP contribution in [0, 0.1) is 5.92 Å². The van der Waals surface area contributed by atoms with Gasteiger partial charge >= 0.3 is 0 Å². The van der Waals surface area contributed by atoms with Crippen LogP contribution in [0.1, 0.15) is 30.9 Å². The molecular weight excluding hydrogens is 392 g/mol. The zero-order valence-electron chi connectivity index (χ0n) is 17.5. The Morgan fingerprint density at radius 1 is 1.00 bits per heavy atom. The lowest BCUT2D eigenvalue weighted by Gasteiger charge is -2.42. The van der Waals surface area contributed by atoms with Crippen LogP contribution >= 0.6 is 0 Å². The lowest BCUT2D eigenvalue weighted by Crippen LogP contribution is -2.50. The highest BCUT2D eigenvalue weighted by molar-refractivity contribution is 5.82. The smallest absolute Gasteiger partial charge is 0.231 e. The Morgan fingerprint density at radius 3 is 2.13 bits per heavy atom. The number of benzene rings is 2. The van der Waals surface area contributed by atoms with Crippen LogP contribution in [0.4, 0.5) is 0 Å². The number of carbonyl (C=O) groups excluding carboxylic acids is 1. The van der Waals surface area contributed by atoms with Crippen LogP contribution < -0.4 is 28.4 Å². The molecule has 0 spiro atoms. The SMILES string of the molecule is COc1cc([C@@H]2c3cc4c(cc3O[C@@](C)(O)[C@@H]2C(C)=O)OCO4)cc(OC)c1OC. The zero-order chi connectivity index (χ0) is 21.6. The summed E-state index contributed by atoms with van der Waals surface area (Å²) in [6.45, 7) is 3.02. The molecule has 0 aromatic heterocycles. The summed E-state index contributed by atoms with van der Waals surface area (Å²) >= 11 is 0. The second-order valence-corrected chi connectivity index (χ2v) is 7.42. The number of ketones is 1. The molecule has 2 aliphatic heterocycles. The summed E-state index contributed by atoms with van der Waals surface area (Å²) < 4.78 is 33.2. The number of aliphatic hydroxyl groups is 1. The second kappa shape index (κ2) is 7.28. The highest BCUT2D eigenvalue weighted by Crippen LogP contribution is 2.53. The number of fused-ring (bicyclic) bond motifs is 2. The maximum atomic E-state index is 12.7. The predicted octanol–water partition coefficient (Wildman–Crippen LogP) is 2.88. The number of Topliss-reactive ketones (excluding diaryl/α,β-unsaturated/α-hetero) is 1. The lowest BCUT2D eigenvalue weighted by atomic mass is 9.72. The molecule has 160 valence electrons. The molecule has 0 amide bonds. The van der Waals surface area contributed by atoms with Gasteiger partial charge in [0.2, 0.25) is 18.3 Å². The highest BCUT2D eigenvalue weighted by Gasteiger charge is 2.50. The molecule has 0 aliphatic carbocycles. The van der Waals surface area contributed by atoms with Crippen molar-refractivity contribution in [2.24, 2.45) is 5.92 Å². The monoisotopic (exact) mass is 416 g/mol. The van der Waals surface area contributed by atoms with E-state index in [1.807, 2.05) is 0 Å². The van der Waals surface area contributed by atoms with E-state index in [1.165, 1.54) is 35.2 Å². The standard InChI is InChI=1S/C22H24O8/c1-11(23)20-19(12-6-17(25-3)21(27-5)18(7-12)26-4)13-8-15-16(29-10-28-15)9-14(13)30-22(20,2)24/h6-9,19-20,24H,10H2,1-5H3/t19-,20-,22-/m1/s1. The lowest BCUT2D eigenvalue weighted by molar-refractivity contribution is -0.181. The number of hydrogen-bond acceptors (Lipinski definition) is 8. The number of rotatable bonds is 5. The third-order valence-corrected chi connectivity index (χ3v) is 5.55. The minimum Gasteiger partial charge on any atom is -0.493 e. The van der Waals surface area contributed by atoms with E-state index in [9.17, 15) is 9.90 Å². The van der Waals surface area contributed by atoms with Crippen LogP contribution in [0.25, 0.3) is 0 Å². The Morgan fingerprint density at radius 2 is 1.60 bits per heavy atom. The fourth-order valence-corrected chi connectivity index (χ4v) is 4.31. The second-order valence-electron chi connectivity index (χ2n) is 7.42. The fraction of sp³-hybridized carbons (Fsp3) is 0.409. The summed E-state index contributed by atoms with van der Waals surface area (Å²) in [6.07, 6.45) is 0. The molecule has 30 heavy (non-hydrogen) atoms. The maximum Gasteiger partial charge on any atom is 0.231 e. The van der Waals surface area contributed by atoms with Crippen molar-refractivity contribution in [3.63, 3.8) is 0 Å². The van der Waals surface area contributed by atoms with Gasteiger partial charge in [-0.3, -0.25) is 4.79 Å². The molecule has 0 fully saturated rings. The minimum atomic E-state index is -1.74. The van der Waals surface area contributed by atoms with Crippen LogP contribution in [0.2, 0.25) is 0 Å². The Balaban J connectivity index is 1.98. The Labute approximate surface area is 174 Å². The molecule has 8 heteroatoms. The first kappa shape index (κ1) is 20.2. The summed E-state index contributed by atoms with van der Waals surface area (Å²) in [5.41, 5.74) is 1.40. The first-order valence-corrected chi connectivity index (χ1v) is 9.46. The Kier molecular flexibility index (Phi) is 4.89. The number of hydrogen-bond donors (Lipinski definition) is 1. The summed E-state index contributed by atoms with van der Waals surface area (Å²) in [5, 5.41) is 11.1. The van der Waals surface area contributed by atoms with Gasteiger partial charge in [0.15, 0.2) is 23.0 Å². The van der Waals surface area contributed by atoms with Crippen LogP contribution in [-0.2, 0) is 4.79 Å². The van der Waals surface area contributed by atoms with Crippen molar-refractivity contribution < 1.29 is 38.3 Å². The van der Waals surface area contributed by atoms with Gasteiger partial charge in [-0.15, -0.1) is 0 Å². The summed E-state index contributed by atoms with van der Waals surface area (Å²) in [7, 11) is 4.57. The molecule has 2 heterocycles. The first-order chi connectivity index (χ1) is 14.3. The van der Waals surface area contributed by atoms with Crippen LogP contribution in [0.15, 0.2) is 24.3 Å². The molecule has 2 aromatic rings. The van der Waals surface area contributed by atoms with Gasteiger partial charge in [-0.25, -0.2) is 0 Å². The van der Waals surface area contributed by atoms with Crippen LogP contribution in [0.3, 0.4) is 0 Å². The molecule has 0 radical (unpaired) electrons. The van der Waals surface area contributed by atoms with Crippen molar-refractivity contribution in [2.75, 3.05) is 28.1 Å². The normalized spacial score (nSPS) is 23.9. The minimum absolute atomic E-state index is 0.0968. The van der Waals surface area contributed by atoms with Crippen molar-refractivity contribution in [3.8, 4) is 34.5 Å².